The molecule has 0 aromatic heterocycles. The Morgan fingerprint density at radius 3 is 2.00 bits per heavy atom. The van der Waals surface area contributed by atoms with E-state index in [-0.39, 0.29) is 7.12 Å². The van der Waals surface area contributed by atoms with Crippen LogP contribution in [0.2, 0.25) is 6.32 Å². The van der Waals surface area contributed by atoms with E-state index in [2.05, 4.69) is 6.92 Å². The van der Waals surface area contributed by atoms with Crippen molar-refractivity contribution in [3.63, 3.8) is 0 Å². The Bertz CT molecular complexity index is 99.4. The number of hydrogen-bond acceptors (Lipinski definition) is 2. The fraction of sp³-hybridized carbons (Fsp3) is 1.00. The van der Waals surface area contributed by atoms with Crippen molar-refractivity contribution in [2.24, 2.45) is 0 Å². The van der Waals surface area contributed by atoms with Crippen molar-refractivity contribution in [1.82, 2.24) is 0 Å². The lowest BCUT2D eigenvalue weighted by molar-refractivity contribution is 0.462. The summed E-state index contributed by atoms with van der Waals surface area (Å²) in [5, 5.41) is 0. The minimum atomic E-state index is 0.00572. The van der Waals surface area contributed by atoms with Gasteiger partial charge < -0.3 is 9.14 Å². The molecule has 0 aliphatic rings. The van der Waals surface area contributed by atoms with Gasteiger partial charge in [0.15, 0.2) is 0 Å². The van der Waals surface area contributed by atoms with E-state index in [1.54, 1.807) is 16.1 Å². The fourth-order valence-electron chi connectivity index (χ4n) is 1.42. The van der Waals surface area contributed by atoms with Crippen LogP contribution in [-0.2, 0) is 9.14 Å². The number of hydrogen-bond donors (Lipinski definition) is 0. The summed E-state index contributed by atoms with van der Waals surface area (Å²) in [6.45, 7) is 2.24. The predicted octanol–water partition coefficient (Wildman–Crippen LogP) is 0.964. The van der Waals surface area contributed by atoms with Gasteiger partial charge in [0, 0.05) is 0 Å². The van der Waals surface area contributed by atoms with Crippen molar-refractivity contribution in [2.45, 2.75) is 51.8 Å². The molecule has 0 bridgehead atoms. The van der Waals surface area contributed by atoms with Gasteiger partial charge >= 0.3 is 7.12 Å². The summed E-state index contributed by atoms with van der Waals surface area (Å²) in [4.78, 5) is 0. The minimum Gasteiger partial charge on any atom is -0.481 e. The highest BCUT2D eigenvalue weighted by atomic mass is 16.5. The lowest BCUT2D eigenvalue weighted by Gasteiger charge is -2.08. The maximum atomic E-state index is 5.10. The van der Waals surface area contributed by atoms with Crippen LogP contribution in [0, 0.1) is 0 Å². The van der Waals surface area contributed by atoms with Crippen molar-refractivity contribution < 1.29 is 9.14 Å². The molecule has 0 aliphatic heterocycles. The van der Waals surface area contributed by atoms with Gasteiger partial charge in [-0.1, -0.05) is 45.4 Å². The number of unbranched alkanes of at least 4 members (excludes halogenated alkanes) is 5. The molecule has 0 spiro atoms. The summed E-state index contributed by atoms with van der Waals surface area (Å²) in [5.74, 6) is 0. The second-order valence-corrected chi connectivity index (χ2v) is 3.46. The van der Waals surface area contributed by atoms with Gasteiger partial charge in [-0.3, -0.25) is 0 Å². The molecule has 0 rings (SSSR count). The van der Waals surface area contributed by atoms with Crippen molar-refractivity contribution in [2.75, 3.05) is 0 Å². The number of rotatable bonds is 9. The van der Waals surface area contributed by atoms with Crippen molar-refractivity contribution in [3.05, 3.63) is 0 Å². The molecule has 5 heteroatoms. The standard InChI is InChI=1S/C8H21B3O2/c1-2-3-4-5-6-7-8-11(12-9)13-10/h2-10H2,1H3. The smallest absolute Gasteiger partial charge is 0.425 e. The lowest BCUT2D eigenvalue weighted by atomic mass is 9.80. The van der Waals surface area contributed by atoms with Crippen LogP contribution in [0.4, 0.5) is 0 Å². The van der Waals surface area contributed by atoms with E-state index >= 15 is 0 Å². The van der Waals surface area contributed by atoms with E-state index in [1.165, 1.54) is 38.5 Å². The molecule has 0 N–H and O–H groups in total. The summed E-state index contributed by atoms with van der Waals surface area (Å²) in [7, 11) is 3.41. The second-order valence-electron chi connectivity index (χ2n) is 3.46. The molecule has 0 aliphatic carbocycles. The molecule has 0 aromatic rings. The van der Waals surface area contributed by atoms with Crippen LogP contribution >= 0.6 is 0 Å². The molecule has 0 aromatic carbocycles. The van der Waals surface area contributed by atoms with Crippen LogP contribution in [0.25, 0.3) is 0 Å². The molecule has 13 heavy (non-hydrogen) atoms. The average molecular weight is 182 g/mol. The van der Waals surface area contributed by atoms with Gasteiger partial charge in [-0.05, 0) is 6.32 Å². The van der Waals surface area contributed by atoms with E-state index in [1.807, 2.05) is 0 Å². The van der Waals surface area contributed by atoms with Crippen LogP contribution < -0.4 is 0 Å². The highest BCUT2D eigenvalue weighted by Gasteiger charge is 2.10. The molecule has 2 nitrogen and oxygen atoms in total. The van der Waals surface area contributed by atoms with E-state index in [9.17, 15) is 0 Å². The molecule has 0 amide bonds. The summed E-state index contributed by atoms with van der Waals surface area (Å²) in [5.41, 5.74) is 0. The highest BCUT2D eigenvalue weighted by Crippen LogP contribution is 2.09. The second kappa shape index (κ2) is 10.2. The Hall–Kier alpha value is 0.115. The van der Waals surface area contributed by atoms with E-state index in [4.69, 9.17) is 9.14 Å². The van der Waals surface area contributed by atoms with Crippen LogP contribution in [0.15, 0.2) is 0 Å². The van der Waals surface area contributed by atoms with Crippen LogP contribution in [0.1, 0.15) is 45.4 Å². The molecule has 0 saturated carbocycles. The maximum Gasteiger partial charge on any atom is 0.425 e. The minimum absolute atomic E-state index is 0.00572. The quantitative estimate of drug-likeness (QED) is 0.390. The first-order valence-corrected chi connectivity index (χ1v) is 5.40. The Morgan fingerprint density at radius 2 is 1.46 bits per heavy atom. The molecular weight excluding hydrogens is 161 g/mol. The first-order valence-electron chi connectivity index (χ1n) is 5.40. The van der Waals surface area contributed by atoms with Gasteiger partial charge in [-0.15, -0.1) is 0 Å². The molecule has 0 heterocycles. The topological polar surface area (TPSA) is 18.5 Å². The molecule has 0 atom stereocenters. The Labute approximate surface area is 84.8 Å². The van der Waals surface area contributed by atoms with Crippen LogP contribution in [-0.4, -0.2) is 23.2 Å². The first-order chi connectivity index (χ1) is 6.35. The zero-order valence-electron chi connectivity index (χ0n) is 9.34. The Morgan fingerprint density at radius 1 is 0.923 bits per heavy atom. The first kappa shape index (κ1) is 13.1. The Kier molecular flexibility index (Phi) is 10.3. The Balaban J connectivity index is 3.05. The summed E-state index contributed by atoms with van der Waals surface area (Å²) >= 11 is 0. The normalized spacial score (nSPS) is 10.2. The molecule has 0 fully saturated rings. The lowest BCUT2D eigenvalue weighted by Crippen LogP contribution is -2.19. The predicted molar refractivity (Wildman–Crippen MR) is 63.2 cm³/mol. The van der Waals surface area contributed by atoms with Gasteiger partial charge in [0.25, 0.3) is 0 Å². The third kappa shape index (κ3) is 8.44. The van der Waals surface area contributed by atoms with Crippen LogP contribution in [0.3, 0.4) is 0 Å². The highest BCUT2D eigenvalue weighted by molar-refractivity contribution is 6.52. The molecule has 74 valence electrons. The molecular formula is C8H21B3O2. The van der Waals surface area contributed by atoms with E-state index in [0.29, 0.717) is 0 Å². The van der Waals surface area contributed by atoms with Crippen molar-refractivity contribution >= 4 is 23.2 Å². The average Bonchev–Trinajstić information content (AvgIpc) is 2.17. The fourth-order valence-corrected chi connectivity index (χ4v) is 1.42. The molecule has 0 radical (unpaired) electrons. The summed E-state index contributed by atoms with van der Waals surface area (Å²) in [6.07, 6.45) is 8.98. The zero-order chi connectivity index (χ0) is 9.94. The maximum absolute atomic E-state index is 5.10. The SMILES string of the molecule is BOB(CCCCCCCC)OB. The van der Waals surface area contributed by atoms with Crippen molar-refractivity contribution in [1.29, 1.82) is 0 Å². The summed E-state index contributed by atoms with van der Waals surface area (Å²) < 4.78 is 10.2. The molecule has 0 saturated heterocycles. The van der Waals surface area contributed by atoms with Gasteiger partial charge in [0.1, 0.15) is 0 Å². The monoisotopic (exact) mass is 182 g/mol. The third-order valence-corrected chi connectivity index (χ3v) is 2.32. The van der Waals surface area contributed by atoms with E-state index < -0.39 is 0 Å². The zero-order valence-corrected chi connectivity index (χ0v) is 9.34. The largest absolute Gasteiger partial charge is 0.481 e. The third-order valence-electron chi connectivity index (χ3n) is 2.32. The van der Waals surface area contributed by atoms with Gasteiger partial charge in [0.05, 0.1) is 0 Å². The van der Waals surface area contributed by atoms with Crippen LogP contribution in [0.5, 0.6) is 0 Å². The van der Waals surface area contributed by atoms with Gasteiger partial charge in [0.2, 0.25) is 16.1 Å². The van der Waals surface area contributed by atoms with Gasteiger partial charge in [-0.2, -0.15) is 0 Å². The van der Waals surface area contributed by atoms with Gasteiger partial charge in [-0.25, -0.2) is 0 Å². The van der Waals surface area contributed by atoms with Crippen molar-refractivity contribution in [3.8, 4) is 0 Å². The van der Waals surface area contributed by atoms with E-state index in [0.717, 1.165) is 6.32 Å². The summed E-state index contributed by atoms with van der Waals surface area (Å²) in [6, 6.07) is 0. The molecule has 0 unspecified atom stereocenters.